The molecule has 154 valence electrons. The molecule has 0 bridgehead atoms. The first kappa shape index (κ1) is 18.8. The fourth-order valence-corrected chi connectivity index (χ4v) is 3.89. The van der Waals surface area contributed by atoms with Crippen LogP contribution in [0.4, 0.5) is 20.4 Å². The first-order valence-electron chi connectivity index (χ1n) is 10.2. The Labute approximate surface area is 173 Å². The van der Waals surface area contributed by atoms with Crippen LogP contribution in [0.5, 0.6) is 0 Å². The maximum absolute atomic E-state index is 14.2. The van der Waals surface area contributed by atoms with Crippen molar-refractivity contribution < 1.29 is 8.78 Å². The SMILES string of the molecule is Fc1cccnc1C1(CNc2ccc(-c3ccc(NC4CC4)nc3)nn2)CC(F)C1. The first-order chi connectivity index (χ1) is 14.6. The van der Waals surface area contributed by atoms with Crippen LogP contribution in [-0.4, -0.2) is 38.9 Å². The van der Waals surface area contributed by atoms with E-state index in [1.165, 1.54) is 18.9 Å². The van der Waals surface area contributed by atoms with Crippen molar-refractivity contribution in [3.63, 3.8) is 0 Å². The summed E-state index contributed by atoms with van der Waals surface area (Å²) in [5.41, 5.74) is 1.23. The first-order valence-corrected chi connectivity index (χ1v) is 10.2. The minimum Gasteiger partial charge on any atom is -0.368 e. The van der Waals surface area contributed by atoms with Crippen molar-refractivity contribution in [1.82, 2.24) is 20.2 Å². The summed E-state index contributed by atoms with van der Waals surface area (Å²) in [7, 11) is 0. The quantitative estimate of drug-likeness (QED) is 0.612. The summed E-state index contributed by atoms with van der Waals surface area (Å²) in [4.78, 5) is 8.59. The lowest BCUT2D eigenvalue weighted by atomic mass is 9.65. The normalized spacial score (nSPS) is 22.9. The topological polar surface area (TPSA) is 75.6 Å². The fraction of sp³-hybridized carbons (Fsp3) is 0.364. The standard InChI is InChI=1S/C22H22F2N6/c23-15-10-22(11-15,21-17(24)2-1-9-25-21)13-27-20-8-6-18(29-30-20)14-3-7-19(26-12-14)28-16-4-5-16/h1-3,6-9,12,15-16H,4-5,10-11,13H2,(H,26,28)(H,27,30). The molecular weight excluding hydrogens is 386 g/mol. The average Bonchev–Trinajstić information content (AvgIpc) is 3.56. The molecule has 0 radical (unpaired) electrons. The van der Waals surface area contributed by atoms with Crippen LogP contribution in [0.15, 0.2) is 48.8 Å². The number of halogens is 2. The highest BCUT2D eigenvalue weighted by Crippen LogP contribution is 2.45. The molecule has 2 aliphatic carbocycles. The molecule has 2 N–H and O–H groups in total. The van der Waals surface area contributed by atoms with Gasteiger partial charge in [-0.05, 0) is 62.1 Å². The summed E-state index contributed by atoms with van der Waals surface area (Å²) >= 11 is 0. The third-order valence-corrected chi connectivity index (χ3v) is 5.75. The number of aromatic nitrogens is 4. The van der Waals surface area contributed by atoms with Crippen LogP contribution in [0.25, 0.3) is 11.3 Å². The summed E-state index contributed by atoms with van der Waals surface area (Å²) in [5.74, 6) is 1.02. The van der Waals surface area contributed by atoms with Crippen molar-refractivity contribution in [3.05, 3.63) is 60.3 Å². The van der Waals surface area contributed by atoms with Gasteiger partial charge < -0.3 is 10.6 Å². The second-order valence-electron chi connectivity index (χ2n) is 8.13. The van der Waals surface area contributed by atoms with Gasteiger partial charge in [-0.3, -0.25) is 4.98 Å². The largest absolute Gasteiger partial charge is 0.368 e. The van der Waals surface area contributed by atoms with Crippen LogP contribution in [-0.2, 0) is 5.41 Å². The predicted molar refractivity (Wildman–Crippen MR) is 110 cm³/mol. The van der Waals surface area contributed by atoms with E-state index in [2.05, 4.69) is 30.8 Å². The van der Waals surface area contributed by atoms with Gasteiger partial charge in [0.1, 0.15) is 23.6 Å². The molecule has 30 heavy (non-hydrogen) atoms. The van der Waals surface area contributed by atoms with Gasteiger partial charge in [0, 0.05) is 36.0 Å². The number of anilines is 2. The van der Waals surface area contributed by atoms with E-state index >= 15 is 0 Å². The second-order valence-corrected chi connectivity index (χ2v) is 8.13. The van der Waals surface area contributed by atoms with Gasteiger partial charge in [0.15, 0.2) is 0 Å². The highest BCUT2D eigenvalue weighted by Gasteiger charge is 2.48. The number of rotatable bonds is 7. The Hall–Kier alpha value is -3.16. The van der Waals surface area contributed by atoms with E-state index in [0.29, 0.717) is 29.8 Å². The molecule has 3 aromatic heterocycles. The van der Waals surface area contributed by atoms with E-state index in [9.17, 15) is 8.78 Å². The predicted octanol–water partition coefficient (Wildman–Crippen LogP) is 4.13. The molecule has 2 saturated carbocycles. The van der Waals surface area contributed by atoms with Crippen LogP contribution in [0.3, 0.4) is 0 Å². The lowest BCUT2D eigenvalue weighted by Gasteiger charge is -2.43. The summed E-state index contributed by atoms with van der Waals surface area (Å²) < 4.78 is 27.9. The molecule has 5 rings (SSSR count). The Balaban J connectivity index is 1.26. The molecule has 0 spiro atoms. The minimum atomic E-state index is -0.938. The third kappa shape index (κ3) is 3.81. The molecule has 0 aliphatic heterocycles. The van der Waals surface area contributed by atoms with Crippen molar-refractivity contribution in [2.75, 3.05) is 17.2 Å². The van der Waals surface area contributed by atoms with Crippen molar-refractivity contribution in [2.24, 2.45) is 0 Å². The Morgan fingerprint density at radius 2 is 1.83 bits per heavy atom. The van der Waals surface area contributed by atoms with Gasteiger partial charge in [-0.15, -0.1) is 10.2 Å². The van der Waals surface area contributed by atoms with Crippen LogP contribution < -0.4 is 10.6 Å². The fourth-order valence-electron chi connectivity index (χ4n) is 3.89. The summed E-state index contributed by atoms with van der Waals surface area (Å²) in [6.07, 6.45) is 5.26. The average molecular weight is 408 g/mol. The number of hydrogen-bond acceptors (Lipinski definition) is 6. The van der Waals surface area contributed by atoms with Crippen molar-refractivity contribution in [3.8, 4) is 11.3 Å². The molecule has 8 heteroatoms. The molecular formula is C22H22F2N6. The van der Waals surface area contributed by atoms with Gasteiger partial charge in [0.05, 0.1) is 11.4 Å². The van der Waals surface area contributed by atoms with Crippen molar-refractivity contribution >= 4 is 11.6 Å². The maximum Gasteiger partial charge on any atom is 0.148 e. The van der Waals surface area contributed by atoms with Gasteiger partial charge in [0.2, 0.25) is 0 Å². The Bertz CT molecular complexity index is 1010. The van der Waals surface area contributed by atoms with Crippen LogP contribution >= 0.6 is 0 Å². The summed E-state index contributed by atoms with van der Waals surface area (Å²) in [6.45, 7) is 0.346. The minimum absolute atomic E-state index is 0.242. The summed E-state index contributed by atoms with van der Waals surface area (Å²) in [6, 6.07) is 11.0. The van der Waals surface area contributed by atoms with Crippen molar-refractivity contribution in [1.29, 1.82) is 0 Å². The second kappa shape index (κ2) is 7.59. The molecule has 0 unspecified atom stereocenters. The van der Waals surface area contributed by atoms with Gasteiger partial charge in [0.25, 0.3) is 0 Å². The molecule has 0 amide bonds. The van der Waals surface area contributed by atoms with Gasteiger partial charge >= 0.3 is 0 Å². The van der Waals surface area contributed by atoms with E-state index in [-0.39, 0.29) is 12.8 Å². The van der Waals surface area contributed by atoms with Gasteiger partial charge in [-0.1, -0.05) is 0 Å². The third-order valence-electron chi connectivity index (χ3n) is 5.75. The van der Waals surface area contributed by atoms with Crippen LogP contribution in [0.2, 0.25) is 0 Å². The number of nitrogens with zero attached hydrogens (tertiary/aromatic N) is 4. The molecule has 2 aliphatic rings. The Kier molecular flexibility index (Phi) is 4.77. The summed E-state index contributed by atoms with van der Waals surface area (Å²) in [5, 5.41) is 15.0. The zero-order valence-electron chi connectivity index (χ0n) is 16.4. The highest BCUT2D eigenvalue weighted by atomic mass is 19.1. The van der Waals surface area contributed by atoms with Gasteiger partial charge in [-0.25, -0.2) is 13.8 Å². The highest BCUT2D eigenvalue weighted by molar-refractivity contribution is 5.60. The zero-order chi connectivity index (χ0) is 20.6. The molecule has 0 aromatic carbocycles. The smallest absolute Gasteiger partial charge is 0.148 e. The number of nitrogens with one attached hydrogen (secondary N) is 2. The number of alkyl halides is 1. The monoisotopic (exact) mass is 408 g/mol. The molecule has 2 fully saturated rings. The molecule has 0 saturated heterocycles. The lowest BCUT2D eigenvalue weighted by Crippen LogP contribution is -2.49. The van der Waals surface area contributed by atoms with Crippen LogP contribution in [0.1, 0.15) is 31.4 Å². The Morgan fingerprint density at radius 3 is 2.47 bits per heavy atom. The van der Waals surface area contributed by atoms with E-state index in [1.807, 2.05) is 24.3 Å². The van der Waals surface area contributed by atoms with Crippen molar-refractivity contribution in [2.45, 2.75) is 43.3 Å². The molecule has 3 aromatic rings. The lowest BCUT2D eigenvalue weighted by molar-refractivity contribution is 0.0964. The van der Waals surface area contributed by atoms with E-state index in [4.69, 9.17) is 0 Å². The number of pyridine rings is 2. The van der Waals surface area contributed by atoms with Crippen LogP contribution in [0, 0.1) is 5.82 Å². The molecule has 6 nitrogen and oxygen atoms in total. The van der Waals surface area contributed by atoms with E-state index in [0.717, 1.165) is 11.4 Å². The number of hydrogen-bond donors (Lipinski definition) is 2. The molecule has 3 heterocycles. The zero-order valence-corrected chi connectivity index (χ0v) is 16.4. The maximum atomic E-state index is 14.2. The Morgan fingerprint density at radius 1 is 1.00 bits per heavy atom. The van der Waals surface area contributed by atoms with E-state index < -0.39 is 17.4 Å². The van der Waals surface area contributed by atoms with E-state index in [1.54, 1.807) is 18.5 Å². The van der Waals surface area contributed by atoms with Gasteiger partial charge in [-0.2, -0.15) is 0 Å². The molecule has 0 atom stereocenters.